The van der Waals surface area contributed by atoms with Gasteiger partial charge in [-0.05, 0) is 43.2 Å². The summed E-state index contributed by atoms with van der Waals surface area (Å²) in [4.78, 5) is 29.9. The van der Waals surface area contributed by atoms with Gasteiger partial charge in [0.15, 0.2) is 11.2 Å². The number of nitrogens with zero attached hydrogens (tertiary/aromatic N) is 5. The van der Waals surface area contributed by atoms with Gasteiger partial charge >= 0.3 is 5.69 Å². The topological polar surface area (TPSA) is 86.2 Å². The van der Waals surface area contributed by atoms with Crippen molar-refractivity contribution in [3.63, 3.8) is 0 Å². The maximum atomic E-state index is 13.0. The molecular formula is C21H25ClN6O2. The van der Waals surface area contributed by atoms with Gasteiger partial charge in [0, 0.05) is 24.8 Å². The van der Waals surface area contributed by atoms with E-state index >= 15 is 0 Å². The minimum Gasteiger partial charge on any atom is -0.298 e. The molecule has 1 aliphatic rings. The second-order valence-corrected chi connectivity index (χ2v) is 8.39. The van der Waals surface area contributed by atoms with Crippen LogP contribution in [0, 0.1) is 5.92 Å². The number of anilines is 1. The Balaban J connectivity index is 1.86. The molecule has 1 fully saturated rings. The van der Waals surface area contributed by atoms with Crippen molar-refractivity contribution >= 4 is 34.4 Å². The number of aromatic nitrogens is 4. The van der Waals surface area contributed by atoms with Crippen molar-refractivity contribution < 1.29 is 0 Å². The van der Waals surface area contributed by atoms with Gasteiger partial charge in [0.2, 0.25) is 5.95 Å². The molecule has 158 valence electrons. The standard InChI is InChI=1S/C21H25ClN6O2/c1-13-7-6-9-15(11-13)24-25-20-23-18-17(19(29)27(3)21(30)26(18)2)28(20)12-14-8-4-5-10-16(14)22/h4-5,8,10,13H,6-7,9,11-12H2,1-3H3,(H,23,25)/b24-15-. The van der Waals surface area contributed by atoms with E-state index in [2.05, 4.69) is 22.4 Å². The SMILES string of the molecule is CC1CCC/C(=N/Nc2nc3c(c(=O)n(C)c(=O)n3C)n2Cc2ccccc2Cl)C1. The average molecular weight is 429 g/mol. The van der Waals surface area contributed by atoms with Gasteiger partial charge in [-0.15, -0.1) is 0 Å². The molecule has 0 radical (unpaired) electrons. The van der Waals surface area contributed by atoms with Crippen LogP contribution in [0.2, 0.25) is 5.02 Å². The third kappa shape index (κ3) is 3.67. The Hall–Kier alpha value is -2.87. The lowest BCUT2D eigenvalue weighted by molar-refractivity contribution is 0.500. The van der Waals surface area contributed by atoms with Crippen LogP contribution in [0.25, 0.3) is 11.2 Å². The van der Waals surface area contributed by atoms with E-state index in [0.29, 0.717) is 34.6 Å². The zero-order valence-electron chi connectivity index (χ0n) is 17.4. The van der Waals surface area contributed by atoms with E-state index in [1.54, 1.807) is 17.7 Å². The van der Waals surface area contributed by atoms with Crippen molar-refractivity contribution in [1.82, 2.24) is 18.7 Å². The van der Waals surface area contributed by atoms with Gasteiger partial charge < -0.3 is 0 Å². The molecule has 0 bridgehead atoms. The first-order chi connectivity index (χ1) is 14.4. The van der Waals surface area contributed by atoms with Crippen LogP contribution in [0.5, 0.6) is 0 Å². The fraction of sp³-hybridized carbons (Fsp3) is 0.429. The molecule has 0 spiro atoms. The quantitative estimate of drug-likeness (QED) is 0.647. The molecule has 3 aromatic rings. The molecule has 1 atom stereocenters. The van der Waals surface area contributed by atoms with Crippen molar-refractivity contribution in [2.75, 3.05) is 5.43 Å². The number of hydrazone groups is 1. The highest BCUT2D eigenvalue weighted by Gasteiger charge is 2.20. The van der Waals surface area contributed by atoms with Gasteiger partial charge in [-0.2, -0.15) is 10.1 Å². The second-order valence-electron chi connectivity index (χ2n) is 7.98. The summed E-state index contributed by atoms with van der Waals surface area (Å²) in [5, 5.41) is 5.18. The van der Waals surface area contributed by atoms with E-state index in [4.69, 9.17) is 11.6 Å². The number of halogens is 1. The van der Waals surface area contributed by atoms with Crippen molar-refractivity contribution in [3.05, 3.63) is 55.7 Å². The highest BCUT2D eigenvalue weighted by atomic mass is 35.5. The van der Waals surface area contributed by atoms with E-state index in [1.165, 1.54) is 18.0 Å². The Labute approximate surface area is 178 Å². The Morgan fingerprint density at radius 2 is 2.00 bits per heavy atom. The molecule has 1 aromatic carbocycles. The maximum absolute atomic E-state index is 13.0. The van der Waals surface area contributed by atoms with Gasteiger partial charge in [-0.3, -0.25) is 18.5 Å². The van der Waals surface area contributed by atoms with Crippen molar-refractivity contribution in [2.45, 2.75) is 39.2 Å². The van der Waals surface area contributed by atoms with Crippen LogP contribution in [0.3, 0.4) is 0 Å². The molecule has 1 saturated carbocycles. The lowest BCUT2D eigenvalue weighted by atomic mass is 9.89. The maximum Gasteiger partial charge on any atom is 0.332 e. The minimum absolute atomic E-state index is 0.315. The summed E-state index contributed by atoms with van der Waals surface area (Å²) < 4.78 is 4.21. The van der Waals surface area contributed by atoms with Gasteiger partial charge in [0.05, 0.1) is 6.54 Å². The van der Waals surface area contributed by atoms with Gasteiger partial charge in [-0.1, -0.05) is 36.7 Å². The fourth-order valence-electron chi connectivity index (χ4n) is 3.97. The summed E-state index contributed by atoms with van der Waals surface area (Å²) in [6, 6.07) is 7.46. The first-order valence-corrected chi connectivity index (χ1v) is 10.5. The number of benzene rings is 1. The molecule has 8 nitrogen and oxygen atoms in total. The number of hydrogen-bond donors (Lipinski definition) is 1. The summed E-state index contributed by atoms with van der Waals surface area (Å²) in [5.41, 5.74) is 4.81. The summed E-state index contributed by atoms with van der Waals surface area (Å²) in [7, 11) is 3.07. The molecule has 1 unspecified atom stereocenters. The molecule has 0 aliphatic heterocycles. The van der Waals surface area contributed by atoms with E-state index in [9.17, 15) is 9.59 Å². The second kappa shape index (κ2) is 8.10. The first-order valence-electron chi connectivity index (χ1n) is 10.1. The average Bonchev–Trinajstić information content (AvgIpc) is 3.09. The van der Waals surface area contributed by atoms with Crippen LogP contribution in [0.4, 0.5) is 5.95 Å². The minimum atomic E-state index is -0.422. The molecule has 2 aromatic heterocycles. The normalized spacial score (nSPS) is 18.3. The zero-order chi connectivity index (χ0) is 21.4. The Kier molecular flexibility index (Phi) is 5.51. The van der Waals surface area contributed by atoms with Crippen LogP contribution < -0.4 is 16.7 Å². The number of rotatable bonds is 4. The van der Waals surface area contributed by atoms with Crippen molar-refractivity contribution in [3.8, 4) is 0 Å². The molecule has 0 amide bonds. The fourth-order valence-corrected chi connectivity index (χ4v) is 4.17. The Morgan fingerprint density at radius 3 is 2.73 bits per heavy atom. The van der Waals surface area contributed by atoms with E-state index in [-0.39, 0.29) is 0 Å². The van der Waals surface area contributed by atoms with Crippen LogP contribution in [0.15, 0.2) is 39.0 Å². The molecule has 30 heavy (non-hydrogen) atoms. The van der Waals surface area contributed by atoms with Crippen LogP contribution in [-0.2, 0) is 20.6 Å². The predicted octanol–water partition coefficient (Wildman–Crippen LogP) is 3.11. The molecular weight excluding hydrogens is 404 g/mol. The number of aryl methyl sites for hydroxylation is 1. The number of hydrogen-bond acceptors (Lipinski definition) is 5. The predicted molar refractivity (Wildman–Crippen MR) is 119 cm³/mol. The highest BCUT2D eigenvalue weighted by molar-refractivity contribution is 6.31. The number of nitrogens with one attached hydrogen (secondary N) is 1. The Bertz CT molecular complexity index is 1250. The third-order valence-corrected chi connectivity index (χ3v) is 6.06. The molecule has 4 rings (SSSR count). The molecule has 2 heterocycles. The first kappa shape index (κ1) is 20.4. The van der Waals surface area contributed by atoms with Crippen LogP contribution in [0.1, 0.15) is 38.2 Å². The lowest BCUT2D eigenvalue weighted by Gasteiger charge is -2.19. The Morgan fingerprint density at radius 1 is 1.23 bits per heavy atom. The molecule has 0 saturated heterocycles. The van der Waals surface area contributed by atoms with Gasteiger partial charge in [0.1, 0.15) is 0 Å². The van der Waals surface area contributed by atoms with Gasteiger partial charge in [-0.25, -0.2) is 10.2 Å². The zero-order valence-corrected chi connectivity index (χ0v) is 18.1. The highest BCUT2D eigenvalue weighted by Crippen LogP contribution is 2.24. The number of fused-ring (bicyclic) bond motifs is 1. The molecule has 1 N–H and O–H groups in total. The third-order valence-electron chi connectivity index (χ3n) is 5.69. The van der Waals surface area contributed by atoms with Gasteiger partial charge in [0.25, 0.3) is 5.56 Å². The molecule has 9 heteroatoms. The molecule has 1 aliphatic carbocycles. The summed E-state index contributed by atoms with van der Waals surface area (Å²) in [6.45, 7) is 2.55. The summed E-state index contributed by atoms with van der Waals surface area (Å²) >= 11 is 6.37. The van der Waals surface area contributed by atoms with E-state index in [1.807, 2.05) is 18.2 Å². The van der Waals surface area contributed by atoms with E-state index < -0.39 is 11.2 Å². The number of imidazole rings is 1. The monoisotopic (exact) mass is 428 g/mol. The largest absolute Gasteiger partial charge is 0.332 e. The van der Waals surface area contributed by atoms with Crippen LogP contribution >= 0.6 is 11.6 Å². The van der Waals surface area contributed by atoms with Crippen molar-refractivity contribution in [2.24, 2.45) is 25.1 Å². The lowest BCUT2D eigenvalue weighted by Crippen LogP contribution is -2.37. The van der Waals surface area contributed by atoms with Crippen LogP contribution in [-0.4, -0.2) is 24.4 Å². The summed E-state index contributed by atoms with van der Waals surface area (Å²) in [5.74, 6) is 1.02. The summed E-state index contributed by atoms with van der Waals surface area (Å²) in [6.07, 6.45) is 4.22. The van der Waals surface area contributed by atoms with E-state index in [0.717, 1.165) is 35.1 Å². The van der Waals surface area contributed by atoms with Crippen molar-refractivity contribution in [1.29, 1.82) is 0 Å². The smallest absolute Gasteiger partial charge is 0.298 e.